The Morgan fingerprint density at radius 3 is 2.83 bits per heavy atom. The molecular weight excluding hydrogens is 348 g/mol. The van der Waals surface area contributed by atoms with Crippen LogP contribution < -0.4 is 10.0 Å². The molecule has 2 aliphatic heterocycles. The van der Waals surface area contributed by atoms with Gasteiger partial charge in [0.25, 0.3) is 11.8 Å². The molecule has 6 nitrogen and oxygen atoms in total. The molecule has 1 aromatic rings. The van der Waals surface area contributed by atoms with Gasteiger partial charge in [0.1, 0.15) is 10.1 Å². The van der Waals surface area contributed by atoms with Gasteiger partial charge < -0.3 is 14.3 Å². The monoisotopic (exact) mass is 366 g/mol. The number of hydrogen-bond acceptors (Lipinski definition) is 6. The van der Waals surface area contributed by atoms with Gasteiger partial charge in [0.2, 0.25) is 0 Å². The lowest BCUT2D eigenvalue weighted by atomic mass is 10.1. The summed E-state index contributed by atoms with van der Waals surface area (Å²) in [5.74, 6) is 0.0274. The van der Waals surface area contributed by atoms with Crippen molar-refractivity contribution in [1.82, 2.24) is 4.90 Å². The molecule has 0 unspecified atom stereocenters. The van der Waals surface area contributed by atoms with E-state index in [1.165, 1.54) is 29.1 Å². The molecule has 0 radical (unpaired) electrons. The van der Waals surface area contributed by atoms with Crippen LogP contribution in [-0.4, -0.2) is 40.7 Å². The summed E-state index contributed by atoms with van der Waals surface area (Å²) < 4.78 is 6.22. The van der Waals surface area contributed by atoms with E-state index in [9.17, 15) is 14.7 Å². The van der Waals surface area contributed by atoms with E-state index < -0.39 is 5.97 Å². The van der Waals surface area contributed by atoms with Gasteiger partial charge in [-0.2, -0.15) is 0 Å². The van der Waals surface area contributed by atoms with Gasteiger partial charge in [-0.15, -0.1) is 0 Å². The lowest BCUT2D eigenvalue weighted by Gasteiger charge is -2.20. The molecule has 1 N–H and O–H groups in total. The van der Waals surface area contributed by atoms with Crippen molar-refractivity contribution in [3.05, 3.63) is 22.8 Å². The van der Waals surface area contributed by atoms with Gasteiger partial charge in [-0.05, 0) is 25.3 Å². The van der Waals surface area contributed by atoms with Crippen molar-refractivity contribution in [2.24, 2.45) is 0 Å². The molecule has 0 bridgehead atoms. The Hall–Kier alpha value is -1.64. The second-order valence-corrected chi connectivity index (χ2v) is 7.50. The number of nitrogens with one attached hydrogen (secondary N) is 1. The highest BCUT2D eigenvalue weighted by Crippen LogP contribution is 2.33. The van der Waals surface area contributed by atoms with Crippen LogP contribution in [0.25, 0.3) is 6.08 Å². The predicted molar refractivity (Wildman–Crippen MR) is 92.4 cm³/mol. The topological polar surface area (TPSA) is 78.0 Å². The maximum absolute atomic E-state index is 12.3. The van der Waals surface area contributed by atoms with Crippen LogP contribution >= 0.6 is 24.0 Å². The maximum Gasteiger partial charge on any atom is 0.295 e. The van der Waals surface area contributed by atoms with Gasteiger partial charge in [0.15, 0.2) is 0 Å². The van der Waals surface area contributed by atoms with Gasteiger partial charge in [-0.25, -0.2) is 0 Å². The third-order valence-corrected chi connectivity index (χ3v) is 5.50. The molecule has 8 heteroatoms. The number of amides is 1. The normalized spacial score (nSPS) is 21.0. The number of hydrogen-bond donors (Lipinski definition) is 1. The summed E-state index contributed by atoms with van der Waals surface area (Å²) in [5, 5.41) is 10.6. The summed E-state index contributed by atoms with van der Waals surface area (Å²) in [4.78, 5) is 26.0. The Labute approximate surface area is 149 Å². The van der Waals surface area contributed by atoms with Crippen molar-refractivity contribution in [3.8, 4) is 0 Å². The molecule has 0 saturated carbocycles. The summed E-state index contributed by atoms with van der Waals surface area (Å²) in [7, 11) is 0. The Morgan fingerprint density at radius 2 is 2.12 bits per heavy atom. The molecule has 2 fully saturated rings. The van der Waals surface area contributed by atoms with Crippen molar-refractivity contribution < 1.29 is 24.0 Å². The van der Waals surface area contributed by atoms with E-state index in [4.69, 9.17) is 16.6 Å². The third kappa shape index (κ3) is 3.88. The molecule has 24 heavy (non-hydrogen) atoms. The smallest absolute Gasteiger partial charge is 0.295 e. The van der Waals surface area contributed by atoms with Crippen LogP contribution in [0, 0.1) is 0 Å². The van der Waals surface area contributed by atoms with Gasteiger partial charge in [0, 0.05) is 31.1 Å². The molecule has 3 heterocycles. The van der Waals surface area contributed by atoms with E-state index in [2.05, 4.69) is 0 Å². The molecule has 3 rings (SSSR count). The van der Waals surface area contributed by atoms with Crippen LogP contribution in [0.5, 0.6) is 0 Å². The lowest BCUT2D eigenvalue weighted by Crippen LogP contribution is -3.08. The van der Waals surface area contributed by atoms with E-state index in [1.54, 1.807) is 6.08 Å². The summed E-state index contributed by atoms with van der Waals surface area (Å²) in [5.41, 5.74) is 0. The average Bonchev–Trinajstić information content (AvgIpc) is 3.13. The molecule has 128 valence electrons. The standard InChI is InChI=1S/C16H18N2O4S2/c19-14(20)6-9-18-15(21)12(24-16(18)23)10-11-4-5-13(22-11)17-7-2-1-3-8-17/h4-5,10H,1-3,6-9H2,(H,19,20). The van der Waals surface area contributed by atoms with Crippen LogP contribution in [-0.2, 0) is 9.59 Å². The van der Waals surface area contributed by atoms with Crippen molar-refractivity contribution in [2.45, 2.75) is 25.7 Å². The number of nitrogens with zero attached hydrogens (tertiary/aromatic N) is 1. The number of carboxylic acid groups (broad SMARTS) is 1. The number of thiocarbonyl (C=S) groups is 1. The fourth-order valence-electron chi connectivity index (χ4n) is 2.87. The largest absolute Gasteiger partial charge is 0.550 e. The molecule has 0 aromatic carbocycles. The second kappa shape index (κ2) is 7.50. The van der Waals surface area contributed by atoms with Crippen molar-refractivity contribution in [3.63, 3.8) is 0 Å². The molecule has 1 aromatic heterocycles. The number of furan rings is 1. The molecular formula is C16H18N2O4S2. The number of thioether (sulfide) groups is 1. The minimum atomic E-state index is -1.20. The average molecular weight is 366 g/mol. The fourth-order valence-corrected chi connectivity index (χ4v) is 4.16. The zero-order chi connectivity index (χ0) is 17.1. The van der Waals surface area contributed by atoms with Crippen LogP contribution in [0.1, 0.15) is 31.4 Å². The minimum Gasteiger partial charge on any atom is -0.550 e. The van der Waals surface area contributed by atoms with E-state index in [0.29, 0.717) is 15.0 Å². The van der Waals surface area contributed by atoms with Crippen molar-refractivity contribution >= 4 is 52.1 Å². The number of carbonyl (C=O) groups excluding carboxylic acids is 2. The third-order valence-electron chi connectivity index (χ3n) is 4.12. The Kier molecular flexibility index (Phi) is 5.37. The number of rotatable bonds is 5. The molecule has 0 aliphatic carbocycles. The number of aliphatic carboxylic acids is 1. The fraction of sp³-hybridized carbons (Fsp3) is 0.438. The molecule has 2 saturated heterocycles. The van der Waals surface area contributed by atoms with E-state index >= 15 is 0 Å². The molecule has 0 spiro atoms. The predicted octanol–water partition coefficient (Wildman–Crippen LogP) is 0.321. The van der Waals surface area contributed by atoms with Gasteiger partial charge in [-0.1, -0.05) is 24.0 Å². The quantitative estimate of drug-likeness (QED) is 0.597. The maximum atomic E-state index is 12.3. The van der Waals surface area contributed by atoms with Crippen molar-refractivity contribution in [2.75, 3.05) is 19.6 Å². The highest BCUT2D eigenvalue weighted by Gasteiger charge is 2.32. The highest BCUT2D eigenvalue weighted by molar-refractivity contribution is 8.26. The zero-order valence-electron chi connectivity index (χ0n) is 13.1. The van der Waals surface area contributed by atoms with E-state index in [0.717, 1.165) is 30.7 Å². The first kappa shape index (κ1) is 17.2. The molecule has 2 aliphatic rings. The zero-order valence-corrected chi connectivity index (χ0v) is 14.7. The van der Waals surface area contributed by atoms with Crippen LogP contribution in [0.4, 0.5) is 5.88 Å². The Bertz CT molecular complexity index is 692. The first-order valence-electron chi connectivity index (χ1n) is 7.95. The first-order chi connectivity index (χ1) is 11.5. The first-order valence-corrected chi connectivity index (χ1v) is 9.17. The summed E-state index contributed by atoms with van der Waals surface area (Å²) in [6.07, 6.45) is 5.10. The van der Waals surface area contributed by atoms with Crippen LogP contribution in [0.15, 0.2) is 21.5 Å². The van der Waals surface area contributed by atoms with E-state index in [1.807, 2.05) is 12.1 Å². The minimum absolute atomic E-state index is 0.0334. The van der Waals surface area contributed by atoms with Crippen LogP contribution in [0.2, 0.25) is 0 Å². The summed E-state index contributed by atoms with van der Waals surface area (Å²) >= 11 is 6.31. The summed E-state index contributed by atoms with van der Waals surface area (Å²) in [6, 6.07) is 3.80. The number of piperidine rings is 1. The number of carboxylic acids is 1. The Morgan fingerprint density at radius 1 is 1.38 bits per heavy atom. The number of carbonyl (C=O) groups is 2. The Balaban J connectivity index is 1.70. The van der Waals surface area contributed by atoms with Crippen molar-refractivity contribution in [1.29, 1.82) is 0 Å². The molecule has 0 atom stereocenters. The van der Waals surface area contributed by atoms with E-state index in [-0.39, 0.29) is 18.9 Å². The van der Waals surface area contributed by atoms with Crippen LogP contribution in [0.3, 0.4) is 0 Å². The highest BCUT2D eigenvalue weighted by atomic mass is 32.2. The molecule has 1 amide bonds. The SMILES string of the molecule is O=C([O-])CCN1C(=O)C(=Cc2ccc([NH+]3CCCCC3)o2)SC1=S. The van der Waals surface area contributed by atoms with Gasteiger partial charge in [-0.3, -0.25) is 14.6 Å². The summed E-state index contributed by atoms with van der Waals surface area (Å²) in [6.45, 7) is 2.17. The number of quaternary nitrogens is 1. The van der Waals surface area contributed by atoms with Gasteiger partial charge in [0.05, 0.1) is 18.0 Å². The second-order valence-electron chi connectivity index (χ2n) is 5.82. The lowest BCUT2D eigenvalue weighted by molar-refractivity contribution is -0.846. The van der Waals surface area contributed by atoms with Gasteiger partial charge >= 0.3 is 0 Å².